The summed E-state index contributed by atoms with van der Waals surface area (Å²) in [6.07, 6.45) is 1.01. The van der Waals surface area contributed by atoms with Crippen molar-refractivity contribution >= 4 is 37.6 Å². The van der Waals surface area contributed by atoms with Crippen molar-refractivity contribution in [1.29, 1.82) is 0 Å². The molecule has 0 heterocycles. The lowest BCUT2D eigenvalue weighted by Crippen LogP contribution is -2.20. The van der Waals surface area contributed by atoms with Crippen LogP contribution in [0.15, 0.2) is 107 Å². The summed E-state index contributed by atoms with van der Waals surface area (Å²) in [5.74, 6) is 0.191. The van der Waals surface area contributed by atoms with Gasteiger partial charge in [-0.25, -0.2) is 4.79 Å². The Bertz CT molecular complexity index is 1580. The van der Waals surface area contributed by atoms with Crippen molar-refractivity contribution in [1.82, 2.24) is 0 Å². The zero-order chi connectivity index (χ0) is 28.8. The third kappa shape index (κ3) is 6.99. The van der Waals surface area contributed by atoms with E-state index in [1.807, 2.05) is 13.8 Å². The van der Waals surface area contributed by atoms with E-state index in [0.717, 1.165) is 0 Å². The summed E-state index contributed by atoms with van der Waals surface area (Å²) >= 11 is 0. The van der Waals surface area contributed by atoms with Crippen molar-refractivity contribution in [2.24, 2.45) is 0 Å². The predicted octanol–water partition coefficient (Wildman–Crippen LogP) is 5.99. The number of aryl methyl sites for hydroxylation is 2. The molecule has 0 radical (unpaired) electrons. The molecule has 0 aliphatic rings. The van der Waals surface area contributed by atoms with Gasteiger partial charge in [-0.05, 0) is 60.4 Å². The Kier molecular flexibility index (Phi) is 8.76. The van der Waals surface area contributed by atoms with Crippen LogP contribution in [0.3, 0.4) is 0 Å². The molecule has 0 aliphatic carbocycles. The molecule has 2 amide bonds. The largest absolute Gasteiger partial charge is 0.379 e. The highest BCUT2D eigenvalue weighted by atomic mass is 32.2. The minimum atomic E-state index is -4.08. The lowest BCUT2D eigenvalue weighted by Gasteiger charge is -2.15. The van der Waals surface area contributed by atoms with Gasteiger partial charge in [0.25, 0.3) is 0 Å². The van der Waals surface area contributed by atoms with Gasteiger partial charge in [-0.1, -0.05) is 62.4 Å². The highest BCUT2D eigenvalue weighted by Crippen LogP contribution is 2.29. The fraction of sp³-hybridized carbons (Fsp3) is 0.138. The van der Waals surface area contributed by atoms with Crippen LogP contribution in [0.4, 0.5) is 16.2 Å². The van der Waals surface area contributed by atoms with Gasteiger partial charge >= 0.3 is 26.3 Å². The quantitative estimate of drug-likeness (QED) is 0.221. The number of nitrogens with one attached hydrogen (secondary N) is 2. The van der Waals surface area contributed by atoms with E-state index in [9.17, 15) is 21.6 Å². The van der Waals surface area contributed by atoms with Gasteiger partial charge in [0.05, 0.1) is 0 Å². The molecule has 11 heteroatoms. The summed E-state index contributed by atoms with van der Waals surface area (Å²) in [5, 5.41) is 5.29. The molecule has 40 heavy (non-hydrogen) atoms. The summed E-state index contributed by atoms with van der Waals surface area (Å²) in [4.78, 5) is 12.8. The fourth-order valence-electron chi connectivity index (χ4n) is 3.80. The van der Waals surface area contributed by atoms with Crippen molar-refractivity contribution in [3.63, 3.8) is 0 Å². The van der Waals surface area contributed by atoms with E-state index in [1.54, 1.807) is 60.7 Å². The van der Waals surface area contributed by atoms with Crippen LogP contribution in [0.2, 0.25) is 0 Å². The topological polar surface area (TPSA) is 128 Å². The molecule has 0 atom stereocenters. The number of carbonyl (C=O) groups excluding carboxylic acids is 1. The van der Waals surface area contributed by atoms with Gasteiger partial charge in [-0.3, -0.25) is 0 Å². The molecule has 0 saturated heterocycles. The van der Waals surface area contributed by atoms with Gasteiger partial charge in [-0.2, -0.15) is 16.8 Å². The molecule has 4 rings (SSSR count). The SMILES string of the molecule is CCc1ccc(NC(=O)Nc2ccc(CC)c(OS(=O)(=O)c3ccccc3)c2)cc1OS(=O)(=O)c1ccccc1. The van der Waals surface area contributed by atoms with E-state index in [2.05, 4.69) is 10.6 Å². The van der Waals surface area contributed by atoms with E-state index >= 15 is 0 Å². The van der Waals surface area contributed by atoms with Crippen molar-refractivity contribution < 1.29 is 30.0 Å². The molecule has 4 aromatic carbocycles. The monoisotopic (exact) mass is 580 g/mol. The molecule has 0 fully saturated rings. The van der Waals surface area contributed by atoms with E-state index < -0.39 is 26.3 Å². The van der Waals surface area contributed by atoms with Gasteiger partial charge in [0.15, 0.2) is 0 Å². The maximum atomic E-state index is 12.8. The Hall–Kier alpha value is -4.35. The molecule has 0 aromatic heterocycles. The van der Waals surface area contributed by atoms with Crippen molar-refractivity contribution in [3.05, 3.63) is 108 Å². The first-order valence-corrected chi connectivity index (χ1v) is 15.3. The molecular weight excluding hydrogens is 552 g/mol. The molecule has 0 bridgehead atoms. The van der Waals surface area contributed by atoms with Gasteiger partial charge < -0.3 is 19.0 Å². The summed E-state index contributed by atoms with van der Waals surface area (Å²) in [6, 6.07) is 24.3. The van der Waals surface area contributed by atoms with Gasteiger partial charge in [-0.15, -0.1) is 0 Å². The molecule has 0 saturated carbocycles. The second kappa shape index (κ2) is 12.2. The van der Waals surface area contributed by atoms with Gasteiger partial charge in [0, 0.05) is 23.5 Å². The van der Waals surface area contributed by atoms with Crippen LogP contribution in [0, 0.1) is 0 Å². The number of urea groups is 1. The van der Waals surface area contributed by atoms with E-state index in [-0.39, 0.29) is 21.3 Å². The van der Waals surface area contributed by atoms with E-state index in [4.69, 9.17) is 8.37 Å². The van der Waals surface area contributed by atoms with E-state index in [0.29, 0.717) is 35.3 Å². The minimum absolute atomic E-state index is 0.0102. The minimum Gasteiger partial charge on any atom is -0.379 e. The highest BCUT2D eigenvalue weighted by molar-refractivity contribution is 7.87. The van der Waals surface area contributed by atoms with Crippen LogP contribution in [0.5, 0.6) is 11.5 Å². The van der Waals surface area contributed by atoms with Crippen LogP contribution in [0.25, 0.3) is 0 Å². The number of amides is 2. The number of rotatable bonds is 10. The lowest BCUT2D eigenvalue weighted by molar-refractivity contribution is 0.262. The van der Waals surface area contributed by atoms with Crippen LogP contribution < -0.4 is 19.0 Å². The molecule has 4 aromatic rings. The Morgan fingerprint density at radius 1 is 0.600 bits per heavy atom. The first kappa shape index (κ1) is 28.7. The number of hydrogen-bond donors (Lipinski definition) is 2. The van der Waals surface area contributed by atoms with Crippen molar-refractivity contribution in [2.45, 2.75) is 36.5 Å². The number of benzene rings is 4. The Labute approximate surface area is 234 Å². The third-order valence-corrected chi connectivity index (χ3v) is 8.37. The molecule has 0 spiro atoms. The molecule has 2 N–H and O–H groups in total. The van der Waals surface area contributed by atoms with Crippen LogP contribution in [-0.4, -0.2) is 22.9 Å². The highest BCUT2D eigenvalue weighted by Gasteiger charge is 2.20. The Morgan fingerprint density at radius 3 is 1.32 bits per heavy atom. The summed E-state index contributed by atoms with van der Waals surface area (Å²) in [6.45, 7) is 3.71. The summed E-state index contributed by atoms with van der Waals surface area (Å²) in [7, 11) is -8.16. The maximum absolute atomic E-state index is 12.8. The number of anilines is 2. The normalized spacial score (nSPS) is 11.4. The third-order valence-electron chi connectivity index (χ3n) is 5.87. The second-order valence-electron chi connectivity index (χ2n) is 8.63. The average Bonchev–Trinajstić information content (AvgIpc) is 2.94. The standard InChI is InChI=1S/C29H28N2O7S2/c1-3-21-15-17-23(19-27(21)37-39(33,34)25-11-7-5-8-12-25)30-29(32)31-24-18-16-22(4-2)28(20-24)38-40(35,36)26-13-9-6-10-14-26/h5-20H,3-4H2,1-2H3,(H2,30,31,32). The second-order valence-corrected chi connectivity index (χ2v) is 11.7. The number of hydrogen-bond acceptors (Lipinski definition) is 7. The summed E-state index contributed by atoms with van der Waals surface area (Å²) in [5.41, 5.74) is 1.87. The average molecular weight is 581 g/mol. The first-order chi connectivity index (χ1) is 19.1. The Morgan fingerprint density at radius 2 is 0.975 bits per heavy atom. The van der Waals surface area contributed by atoms with Crippen LogP contribution in [-0.2, 0) is 33.1 Å². The molecule has 0 unspecified atom stereocenters. The zero-order valence-corrected chi connectivity index (χ0v) is 23.5. The summed E-state index contributed by atoms with van der Waals surface area (Å²) < 4.78 is 61.8. The van der Waals surface area contributed by atoms with E-state index in [1.165, 1.54) is 36.4 Å². The van der Waals surface area contributed by atoms with Crippen LogP contribution >= 0.6 is 0 Å². The molecule has 208 valence electrons. The first-order valence-electron chi connectivity index (χ1n) is 12.4. The van der Waals surface area contributed by atoms with Crippen molar-refractivity contribution in [2.75, 3.05) is 10.6 Å². The zero-order valence-electron chi connectivity index (χ0n) is 21.8. The molecular formula is C29H28N2O7S2. The maximum Gasteiger partial charge on any atom is 0.339 e. The predicted molar refractivity (Wildman–Crippen MR) is 153 cm³/mol. The number of carbonyl (C=O) groups is 1. The smallest absolute Gasteiger partial charge is 0.339 e. The van der Waals surface area contributed by atoms with Gasteiger partial charge in [0.1, 0.15) is 21.3 Å². The van der Waals surface area contributed by atoms with Crippen LogP contribution in [0.1, 0.15) is 25.0 Å². The fourth-order valence-corrected chi connectivity index (χ4v) is 5.76. The molecule has 9 nitrogen and oxygen atoms in total. The molecule has 0 aliphatic heterocycles. The Balaban J connectivity index is 1.51. The lowest BCUT2D eigenvalue weighted by atomic mass is 10.1. The van der Waals surface area contributed by atoms with Crippen molar-refractivity contribution in [3.8, 4) is 11.5 Å². The van der Waals surface area contributed by atoms with Gasteiger partial charge in [0.2, 0.25) is 0 Å².